The van der Waals surface area contributed by atoms with E-state index in [1.165, 1.54) is 19.2 Å². The summed E-state index contributed by atoms with van der Waals surface area (Å²) in [5, 5.41) is 0. The van der Waals surface area contributed by atoms with Crippen molar-refractivity contribution in [3.8, 4) is 5.75 Å². The summed E-state index contributed by atoms with van der Waals surface area (Å²) in [6, 6.07) is 16.6. The Morgan fingerprint density at radius 1 is 0.862 bits per heavy atom. The van der Waals surface area contributed by atoms with Gasteiger partial charge in [-0.25, -0.2) is 4.79 Å². The number of ether oxygens (including phenoxy) is 2. The van der Waals surface area contributed by atoms with Crippen molar-refractivity contribution in [1.82, 2.24) is 0 Å². The number of fused-ring (bicyclic) bond motifs is 2. The molecule has 0 radical (unpaired) electrons. The van der Waals surface area contributed by atoms with Gasteiger partial charge < -0.3 is 15.2 Å². The van der Waals surface area contributed by atoms with Crippen LogP contribution in [0.3, 0.4) is 0 Å². The maximum Gasteiger partial charge on any atom is 0.340 e. The molecule has 144 valence electrons. The monoisotopic (exact) mass is 387 g/mol. The average molecular weight is 387 g/mol. The van der Waals surface area contributed by atoms with Crippen molar-refractivity contribution in [2.24, 2.45) is 0 Å². The number of hydrogen-bond acceptors (Lipinski definition) is 6. The molecule has 6 heteroatoms. The van der Waals surface area contributed by atoms with Crippen molar-refractivity contribution < 1.29 is 23.9 Å². The van der Waals surface area contributed by atoms with Gasteiger partial charge in [0.1, 0.15) is 12.4 Å². The fourth-order valence-corrected chi connectivity index (χ4v) is 3.43. The third-order valence-corrected chi connectivity index (χ3v) is 4.90. The summed E-state index contributed by atoms with van der Waals surface area (Å²) in [6.45, 7) is -0.0188. The Kier molecular flexibility index (Phi) is 4.60. The van der Waals surface area contributed by atoms with Gasteiger partial charge in [-0.3, -0.25) is 9.59 Å². The average Bonchev–Trinajstić information content (AvgIpc) is 2.75. The molecule has 0 saturated heterocycles. The van der Waals surface area contributed by atoms with E-state index in [9.17, 15) is 14.4 Å². The van der Waals surface area contributed by atoms with E-state index < -0.39 is 5.97 Å². The van der Waals surface area contributed by atoms with Crippen LogP contribution in [0.4, 0.5) is 5.69 Å². The number of esters is 1. The summed E-state index contributed by atoms with van der Waals surface area (Å²) < 4.78 is 10.6. The molecule has 0 amide bonds. The molecule has 2 N–H and O–H groups in total. The number of benzene rings is 3. The lowest BCUT2D eigenvalue weighted by atomic mass is 9.82. The van der Waals surface area contributed by atoms with Gasteiger partial charge in [0.2, 0.25) is 0 Å². The van der Waals surface area contributed by atoms with Crippen molar-refractivity contribution in [3.05, 3.63) is 94.0 Å². The highest BCUT2D eigenvalue weighted by atomic mass is 16.5. The number of para-hydroxylation sites is 1. The minimum Gasteiger partial charge on any atom is -0.496 e. The molecule has 0 unspecified atom stereocenters. The Labute approximate surface area is 166 Å². The molecule has 0 atom stereocenters. The maximum atomic E-state index is 12.9. The molecule has 1 aliphatic rings. The van der Waals surface area contributed by atoms with E-state index >= 15 is 0 Å². The molecule has 0 bridgehead atoms. The van der Waals surface area contributed by atoms with Crippen LogP contribution in [0, 0.1) is 0 Å². The van der Waals surface area contributed by atoms with Crippen LogP contribution < -0.4 is 10.5 Å². The van der Waals surface area contributed by atoms with Gasteiger partial charge in [-0.1, -0.05) is 42.5 Å². The minimum absolute atomic E-state index is 0.0188. The number of carbonyl (C=O) groups is 3. The van der Waals surface area contributed by atoms with Crippen LogP contribution in [0.2, 0.25) is 0 Å². The van der Waals surface area contributed by atoms with Crippen molar-refractivity contribution in [2.45, 2.75) is 6.61 Å². The molecule has 0 aromatic heterocycles. The van der Waals surface area contributed by atoms with E-state index in [0.29, 0.717) is 16.9 Å². The quantitative estimate of drug-likeness (QED) is 0.426. The van der Waals surface area contributed by atoms with Crippen LogP contribution in [0.5, 0.6) is 5.75 Å². The first kappa shape index (κ1) is 18.4. The molecule has 0 heterocycles. The SMILES string of the molecule is COc1ccccc1COC(=O)c1ccc2c(c1N)C(=O)c1ccccc1C2=O. The normalized spacial score (nSPS) is 12.2. The molecule has 3 aromatic carbocycles. The van der Waals surface area contributed by atoms with Crippen molar-refractivity contribution in [1.29, 1.82) is 0 Å². The van der Waals surface area contributed by atoms with Gasteiger partial charge in [-0.05, 0) is 18.2 Å². The third-order valence-electron chi connectivity index (χ3n) is 4.90. The Morgan fingerprint density at radius 3 is 2.24 bits per heavy atom. The number of carbonyl (C=O) groups excluding carboxylic acids is 3. The van der Waals surface area contributed by atoms with Crippen LogP contribution >= 0.6 is 0 Å². The molecule has 0 saturated carbocycles. The molecule has 1 aliphatic carbocycles. The molecule has 0 fully saturated rings. The van der Waals surface area contributed by atoms with Crippen molar-refractivity contribution in [2.75, 3.05) is 12.8 Å². The first-order valence-corrected chi connectivity index (χ1v) is 8.93. The summed E-state index contributed by atoms with van der Waals surface area (Å²) in [6.07, 6.45) is 0. The number of ketones is 2. The summed E-state index contributed by atoms with van der Waals surface area (Å²) in [5.41, 5.74) is 7.65. The molecule has 4 rings (SSSR count). The predicted octanol–water partition coefficient (Wildman–Crippen LogP) is 3.41. The molecular weight excluding hydrogens is 370 g/mol. The van der Waals surface area contributed by atoms with Gasteiger partial charge in [0, 0.05) is 22.3 Å². The van der Waals surface area contributed by atoms with E-state index in [1.807, 2.05) is 6.07 Å². The van der Waals surface area contributed by atoms with Crippen molar-refractivity contribution in [3.63, 3.8) is 0 Å². The maximum absolute atomic E-state index is 12.9. The van der Waals surface area contributed by atoms with Crippen LogP contribution in [-0.2, 0) is 11.3 Å². The lowest BCUT2D eigenvalue weighted by molar-refractivity contribution is 0.0471. The van der Waals surface area contributed by atoms with E-state index in [1.54, 1.807) is 42.5 Å². The first-order valence-electron chi connectivity index (χ1n) is 8.93. The Bertz CT molecular complexity index is 1170. The lowest BCUT2D eigenvalue weighted by Crippen LogP contribution is -2.24. The highest BCUT2D eigenvalue weighted by Gasteiger charge is 2.33. The Balaban J connectivity index is 1.66. The molecule has 6 nitrogen and oxygen atoms in total. The van der Waals surface area contributed by atoms with Gasteiger partial charge in [0.05, 0.1) is 23.9 Å². The van der Waals surface area contributed by atoms with E-state index in [-0.39, 0.29) is 46.1 Å². The second-order valence-electron chi connectivity index (χ2n) is 6.54. The molecule has 0 spiro atoms. The number of rotatable bonds is 4. The number of nitrogen functional groups attached to an aromatic ring is 1. The fraction of sp³-hybridized carbons (Fsp3) is 0.0870. The number of hydrogen-bond donors (Lipinski definition) is 1. The Morgan fingerprint density at radius 2 is 1.52 bits per heavy atom. The van der Waals surface area contributed by atoms with Crippen molar-refractivity contribution >= 4 is 23.2 Å². The first-order chi connectivity index (χ1) is 14.0. The van der Waals surface area contributed by atoms with Gasteiger partial charge in [-0.2, -0.15) is 0 Å². The zero-order valence-electron chi connectivity index (χ0n) is 15.6. The smallest absolute Gasteiger partial charge is 0.340 e. The lowest BCUT2D eigenvalue weighted by Gasteiger charge is -2.20. The Hall–Kier alpha value is -3.93. The highest BCUT2D eigenvalue weighted by Crippen LogP contribution is 2.33. The molecule has 3 aromatic rings. The second-order valence-corrected chi connectivity index (χ2v) is 6.54. The molecule has 0 aliphatic heterocycles. The number of nitrogens with two attached hydrogens (primary N) is 1. The summed E-state index contributed by atoms with van der Waals surface area (Å²) >= 11 is 0. The fourth-order valence-electron chi connectivity index (χ4n) is 3.43. The topological polar surface area (TPSA) is 95.7 Å². The van der Waals surface area contributed by atoms with Gasteiger partial charge in [0.25, 0.3) is 0 Å². The standard InChI is InChI=1S/C23H17NO5/c1-28-18-9-5-2-6-13(18)12-29-23(27)17-11-10-16-19(20(17)24)22(26)15-8-4-3-7-14(15)21(16)25/h2-11H,12,24H2,1H3. The summed E-state index contributed by atoms with van der Waals surface area (Å²) in [4.78, 5) is 38.3. The van der Waals surface area contributed by atoms with Crippen LogP contribution in [0.25, 0.3) is 0 Å². The van der Waals surface area contributed by atoms with E-state index in [4.69, 9.17) is 15.2 Å². The highest BCUT2D eigenvalue weighted by molar-refractivity contribution is 6.30. The molecular formula is C23H17NO5. The molecule has 29 heavy (non-hydrogen) atoms. The van der Waals surface area contributed by atoms with Crippen LogP contribution in [0.15, 0.2) is 60.7 Å². The minimum atomic E-state index is -0.685. The van der Waals surface area contributed by atoms with Gasteiger partial charge >= 0.3 is 5.97 Å². The summed E-state index contributed by atoms with van der Waals surface area (Å²) in [5.74, 6) is -0.769. The van der Waals surface area contributed by atoms with Crippen LogP contribution in [0.1, 0.15) is 47.8 Å². The van der Waals surface area contributed by atoms with Gasteiger partial charge in [-0.15, -0.1) is 0 Å². The summed E-state index contributed by atoms with van der Waals surface area (Å²) in [7, 11) is 1.53. The zero-order valence-corrected chi connectivity index (χ0v) is 15.6. The number of anilines is 1. The van der Waals surface area contributed by atoms with Crippen LogP contribution in [-0.4, -0.2) is 24.6 Å². The van der Waals surface area contributed by atoms with Gasteiger partial charge in [0.15, 0.2) is 11.6 Å². The largest absolute Gasteiger partial charge is 0.496 e. The zero-order chi connectivity index (χ0) is 20.5. The predicted molar refractivity (Wildman–Crippen MR) is 106 cm³/mol. The van der Waals surface area contributed by atoms with E-state index in [2.05, 4.69) is 0 Å². The third kappa shape index (κ3) is 3.04. The number of methoxy groups -OCH3 is 1. The second kappa shape index (κ2) is 7.24. The van der Waals surface area contributed by atoms with E-state index in [0.717, 1.165) is 0 Å².